The summed E-state index contributed by atoms with van der Waals surface area (Å²) >= 11 is 0. The molecule has 1 N–H and O–H groups in total. The molecule has 0 saturated heterocycles. The van der Waals surface area contributed by atoms with Gasteiger partial charge in [-0.2, -0.15) is 0 Å². The van der Waals surface area contributed by atoms with Gasteiger partial charge < -0.3 is 15.0 Å². The standard InChI is InChI=1S/C13H30N2O/c1-8-14-12(11(2)9-10-16-7)13(3,4)15(5)6/h11-12,14H,8-10H2,1-7H3. The van der Waals surface area contributed by atoms with Crippen LogP contribution in [0.25, 0.3) is 0 Å². The molecular formula is C13H30N2O. The number of nitrogens with zero attached hydrogens (tertiary/aromatic N) is 1. The third-order valence-corrected chi connectivity index (χ3v) is 3.68. The zero-order chi connectivity index (χ0) is 12.8. The average molecular weight is 230 g/mol. The van der Waals surface area contributed by atoms with E-state index in [1.165, 1.54) is 0 Å². The lowest BCUT2D eigenvalue weighted by molar-refractivity contribution is 0.0902. The van der Waals surface area contributed by atoms with Crippen LogP contribution in [0.3, 0.4) is 0 Å². The highest BCUT2D eigenvalue weighted by Gasteiger charge is 2.34. The quantitative estimate of drug-likeness (QED) is 0.690. The molecule has 0 aromatic rings. The number of likely N-dealkylation sites (N-methyl/N-ethyl adjacent to an activating group) is 2. The summed E-state index contributed by atoms with van der Waals surface area (Å²) < 4.78 is 5.17. The molecular weight excluding hydrogens is 200 g/mol. The van der Waals surface area contributed by atoms with E-state index in [0.29, 0.717) is 12.0 Å². The van der Waals surface area contributed by atoms with Crippen LogP contribution in [0, 0.1) is 5.92 Å². The fourth-order valence-corrected chi connectivity index (χ4v) is 2.12. The first-order valence-corrected chi connectivity index (χ1v) is 6.27. The SMILES string of the molecule is CCNC(C(C)CCOC)C(C)(C)N(C)C. The lowest BCUT2D eigenvalue weighted by Crippen LogP contribution is -2.58. The normalized spacial score (nSPS) is 16.5. The van der Waals surface area contributed by atoms with Gasteiger partial charge in [0.1, 0.15) is 0 Å². The molecule has 3 heteroatoms. The van der Waals surface area contributed by atoms with Crippen molar-refractivity contribution in [2.45, 2.75) is 45.7 Å². The Morgan fingerprint density at radius 3 is 2.25 bits per heavy atom. The molecule has 2 unspecified atom stereocenters. The van der Waals surface area contributed by atoms with Crippen molar-refractivity contribution in [3.05, 3.63) is 0 Å². The van der Waals surface area contributed by atoms with Crippen LogP contribution in [-0.2, 0) is 4.74 Å². The predicted molar refractivity (Wildman–Crippen MR) is 70.9 cm³/mol. The maximum Gasteiger partial charge on any atom is 0.0465 e. The molecule has 3 nitrogen and oxygen atoms in total. The number of nitrogens with one attached hydrogen (secondary N) is 1. The van der Waals surface area contributed by atoms with Gasteiger partial charge in [-0.3, -0.25) is 0 Å². The molecule has 0 saturated carbocycles. The molecule has 16 heavy (non-hydrogen) atoms. The Balaban J connectivity index is 4.57. The topological polar surface area (TPSA) is 24.5 Å². The summed E-state index contributed by atoms with van der Waals surface area (Å²) in [5.41, 5.74) is 0.156. The van der Waals surface area contributed by atoms with Crippen molar-refractivity contribution >= 4 is 0 Å². The lowest BCUT2D eigenvalue weighted by Gasteiger charge is -2.43. The second-order valence-electron chi connectivity index (χ2n) is 5.34. The molecule has 0 aromatic heterocycles. The van der Waals surface area contributed by atoms with Crippen molar-refractivity contribution < 1.29 is 4.74 Å². The zero-order valence-corrected chi connectivity index (χ0v) is 12.1. The monoisotopic (exact) mass is 230 g/mol. The third kappa shape index (κ3) is 4.40. The fourth-order valence-electron chi connectivity index (χ4n) is 2.12. The van der Waals surface area contributed by atoms with Crippen molar-refractivity contribution in [2.24, 2.45) is 5.92 Å². The van der Waals surface area contributed by atoms with Gasteiger partial charge in [0.15, 0.2) is 0 Å². The summed E-state index contributed by atoms with van der Waals surface area (Å²) in [5.74, 6) is 0.609. The minimum Gasteiger partial charge on any atom is -0.385 e. The highest BCUT2D eigenvalue weighted by molar-refractivity contribution is 4.94. The van der Waals surface area contributed by atoms with Gasteiger partial charge in [0.05, 0.1) is 0 Å². The fraction of sp³-hybridized carbons (Fsp3) is 1.00. The average Bonchev–Trinajstić information content (AvgIpc) is 2.21. The molecule has 0 aliphatic heterocycles. The Kier molecular flexibility index (Phi) is 7.20. The number of hydrogen-bond acceptors (Lipinski definition) is 3. The molecule has 0 bridgehead atoms. The number of hydrogen-bond donors (Lipinski definition) is 1. The molecule has 0 spiro atoms. The second-order valence-corrected chi connectivity index (χ2v) is 5.34. The second kappa shape index (κ2) is 7.25. The van der Waals surface area contributed by atoms with Gasteiger partial charge in [-0.05, 0) is 46.8 Å². The first kappa shape index (κ1) is 15.9. The molecule has 98 valence electrons. The van der Waals surface area contributed by atoms with E-state index in [4.69, 9.17) is 4.74 Å². The van der Waals surface area contributed by atoms with E-state index >= 15 is 0 Å². The van der Waals surface area contributed by atoms with E-state index in [9.17, 15) is 0 Å². The van der Waals surface area contributed by atoms with Crippen molar-refractivity contribution in [1.82, 2.24) is 10.2 Å². The molecule has 0 aliphatic rings. The van der Waals surface area contributed by atoms with E-state index in [1.807, 2.05) is 0 Å². The summed E-state index contributed by atoms with van der Waals surface area (Å²) in [6, 6.07) is 0.489. The highest BCUT2D eigenvalue weighted by Crippen LogP contribution is 2.24. The van der Waals surface area contributed by atoms with Crippen molar-refractivity contribution in [3.63, 3.8) is 0 Å². The summed E-state index contributed by atoms with van der Waals surface area (Å²) in [4.78, 5) is 2.30. The van der Waals surface area contributed by atoms with Crippen molar-refractivity contribution in [2.75, 3.05) is 34.4 Å². The summed E-state index contributed by atoms with van der Waals surface area (Å²) in [6.07, 6.45) is 1.10. The van der Waals surface area contributed by atoms with Crippen LogP contribution < -0.4 is 5.32 Å². The maximum atomic E-state index is 5.17. The lowest BCUT2D eigenvalue weighted by atomic mass is 9.82. The van der Waals surface area contributed by atoms with Gasteiger partial charge in [-0.1, -0.05) is 13.8 Å². The van der Waals surface area contributed by atoms with Gasteiger partial charge in [0.2, 0.25) is 0 Å². The van der Waals surface area contributed by atoms with E-state index < -0.39 is 0 Å². The van der Waals surface area contributed by atoms with Gasteiger partial charge in [0.25, 0.3) is 0 Å². The van der Waals surface area contributed by atoms with Gasteiger partial charge in [0, 0.05) is 25.3 Å². The Labute approximate surface area is 102 Å². The van der Waals surface area contributed by atoms with Crippen LogP contribution >= 0.6 is 0 Å². The van der Waals surface area contributed by atoms with Crippen molar-refractivity contribution in [1.29, 1.82) is 0 Å². The van der Waals surface area contributed by atoms with Gasteiger partial charge >= 0.3 is 0 Å². The van der Waals surface area contributed by atoms with E-state index in [0.717, 1.165) is 19.6 Å². The van der Waals surface area contributed by atoms with Crippen LogP contribution in [0.4, 0.5) is 0 Å². The van der Waals surface area contributed by atoms with Gasteiger partial charge in [-0.15, -0.1) is 0 Å². The number of rotatable bonds is 8. The molecule has 0 aromatic carbocycles. The third-order valence-electron chi connectivity index (χ3n) is 3.68. The molecule has 0 radical (unpaired) electrons. The van der Waals surface area contributed by atoms with E-state index in [2.05, 4.69) is 52.0 Å². The molecule has 0 aliphatic carbocycles. The van der Waals surface area contributed by atoms with Crippen LogP contribution in [0.1, 0.15) is 34.1 Å². The van der Waals surface area contributed by atoms with E-state index in [1.54, 1.807) is 7.11 Å². The minimum absolute atomic E-state index is 0.156. The number of ether oxygens (including phenoxy) is 1. The summed E-state index contributed by atoms with van der Waals surface area (Å²) in [5, 5.41) is 3.62. The minimum atomic E-state index is 0.156. The molecule has 0 fully saturated rings. The van der Waals surface area contributed by atoms with Gasteiger partial charge in [-0.25, -0.2) is 0 Å². The Bertz CT molecular complexity index is 181. The van der Waals surface area contributed by atoms with Crippen LogP contribution in [-0.4, -0.2) is 50.8 Å². The van der Waals surface area contributed by atoms with Crippen LogP contribution in [0.2, 0.25) is 0 Å². The smallest absolute Gasteiger partial charge is 0.0465 e. The largest absolute Gasteiger partial charge is 0.385 e. The van der Waals surface area contributed by atoms with E-state index in [-0.39, 0.29) is 5.54 Å². The highest BCUT2D eigenvalue weighted by atomic mass is 16.5. The van der Waals surface area contributed by atoms with Crippen LogP contribution in [0.15, 0.2) is 0 Å². The summed E-state index contributed by atoms with van der Waals surface area (Å²) in [6.45, 7) is 10.9. The number of methoxy groups -OCH3 is 1. The zero-order valence-electron chi connectivity index (χ0n) is 12.1. The Hall–Kier alpha value is -0.120. The molecule has 0 rings (SSSR count). The molecule has 2 atom stereocenters. The predicted octanol–water partition coefficient (Wildman–Crippen LogP) is 1.98. The Morgan fingerprint density at radius 1 is 1.31 bits per heavy atom. The molecule has 0 amide bonds. The Morgan fingerprint density at radius 2 is 1.88 bits per heavy atom. The first-order chi connectivity index (χ1) is 7.37. The molecule has 0 heterocycles. The summed E-state index contributed by atoms with van der Waals surface area (Å²) in [7, 11) is 6.06. The first-order valence-electron chi connectivity index (χ1n) is 6.27. The maximum absolute atomic E-state index is 5.17. The van der Waals surface area contributed by atoms with Crippen LogP contribution in [0.5, 0.6) is 0 Å². The van der Waals surface area contributed by atoms with Crippen molar-refractivity contribution in [3.8, 4) is 0 Å².